The van der Waals surface area contributed by atoms with Crippen molar-refractivity contribution < 1.29 is 0 Å². The number of hydrogen-bond donors (Lipinski definition) is 3. The van der Waals surface area contributed by atoms with Crippen LogP contribution in [0.2, 0.25) is 0 Å². The van der Waals surface area contributed by atoms with Crippen LogP contribution in [0.1, 0.15) is 11.1 Å². The molecule has 5 nitrogen and oxygen atoms in total. The van der Waals surface area contributed by atoms with Gasteiger partial charge in [0, 0.05) is 34.9 Å². The van der Waals surface area contributed by atoms with Gasteiger partial charge in [-0.15, -0.1) is 0 Å². The lowest BCUT2D eigenvalue weighted by Gasteiger charge is -2.09. The van der Waals surface area contributed by atoms with Crippen molar-refractivity contribution in [3.63, 3.8) is 0 Å². The molecule has 0 aliphatic rings. The minimum absolute atomic E-state index is 0.577. The van der Waals surface area contributed by atoms with E-state index in [2.05, 4.69) is 21.4 Å². The van der Waals surface area contributed by atoms with Gasteiger partial charge in [-0.05, 0) is 37.3 Å². The molecule has 114 valence electrons. The number of nitrogen functional groups attached to an aromatic ring is 1. The summed E-state index contributed by atoms with van der Waals surface area (Å²) in [7, 11) is 0. The third-order valence-corrected chi connectivity index (χ3v) is 3.45. The smallest absolute Gasteiger partial charge is 0.161 e. The zero-order valence-electron chi connectivity index (χ0n) is 12.7. The minimum Gasteiger partial charge on any atom is -0.398 e. The second-order valence-electron chi connectivity index (χ2n) is 5.25. The van der Waals surface area contributed by atoms with Gasteiger partial charge in [-0.3, -0.25) is 0 Å². The molecule has 0 aliphatic carbocycles. The molecule has 2 aromatic carbocycles. The summed E-state index contributed by atoms with van der Waals surface area (Å²) in [5.74, 6) is 1.36. The molecule has 0 fully saturated rings. The number of nitrogens with two attached hydrogens (primary N) is 1. The maximum Gasteiger partial charge on any atom is 0.161 e. The lowest BCUT2D eigenvalue weighted by molar-refractivity contribution is 1.17. The van der Waals surface area contributed by atoms with Gasteiger partial charge < -0.3 is 16.5 Å². The summed E-state index contributed by atoms with van der Waals surface area (Å²) >= 11 is 0. The second-order valence-corrected chi connectivity index (χ2v) is 5.25. The van der Waals surface area contributed by atoms with Crippen molar-refractivity contribution in [2.45, 2.75) is 6.92 Å². The standard InChI is InChI=1S/C18H17N5/c1-12-3-2-4-13(9-12)18-21-8-7-17(23-18)22-15-5-6-16(20)14(10-15)11-19/h2-11,19H,20H2,1H3,(H,21,22,23). The van der Waals surface area contributed by atoms with Crippen molar-refractivity contribution >= 4 is 23.4 Å². The first-order chi connectivity index (χ1) is 11.2. The molecule has 0 spiro atoms. The fourth-order valence-corrected chi connectivity index (χ4v) is 2.28. The summed E-state index contributed by atoms with van der Waals surface area (Å²) in [6.07, 6.45) is 2.96. The molecule has 0 unspecified atom stereocenters. The van der Waals surface area contributed by atoms with Crippen molar-refractivity contribution in [3.8, 4) is 11.4 Å². The van der Waals surface area contributed by atoms with E-state index in [9.17, 15) is 0 Å². The van der Waals surface area contributed by atoms with Crippen LogP contribution in [0.5, 0.6) is 0 Å². The molecule has 0 bridgehead atoms. The highest BCUT2D eigenvalue weighted by Gasteiger charge is 2.04. The van der Waals surface area contributed by atoms with Crippen LogP contribution in [0.4, 0.5) is 17.2 Å². The van der Waals surface area contributed by atoms with E-state index in [1.165, 1.54) is 11.8 Å². The Morgan fingerprint density at radius 2 is 2.00 bits per heavy atom. The Hall–Kier alpha value is -3.21. The quantitative estimate of drug-likeness (QED) is 0.505. The molecule has 5 heteroatoms. The molecule has 0 atom stereocenters. The molecule has 1 heterocycles. The Balaban J connectivity index is 1.90. The van der Waals surface area contributed by atoms with E-state index in [4.69, 9.17) is 11.1 Å². The number of anilines is 3. The maximum atomic E-state index is 7.37. The number of hydrogen-bond acceptors (Lipinski definition) is 5. The van der Waals surface area contributed by atoms with Gasteiger partial charge in [0.2, 0.25) is 0 Å². The van der Waals surface area contributed by atoms with Crippen molar-refractivity contribution in [2.24, 2.45) is 0 Å². The van der Waals surface area contributed by atoms with Crippen LogP contribution >= 0.6 is 0 Å². The summed E-state index contributed by atoms with van der Waals surface area (Å²) in [6, 6.07) is 15.3. The molecule has 3 aromatic rings. The van der Waals surface area contributed by atoms with Gasteiger partial charge in [0.1, 0.15) is 5.82 Å². The second kappa shape index (κ2) is 6.27. The number of benzene rings is 2. The highest BCUT2D eigenvalue weighted by Crippen LogP contribution is 2.22. The first kappa shape index (κ1) is 14.7. The molecular weight excluding hydrogens is 286 g/mol. The van der Waals surface area contributed by atoms with E-state index in [0.717, 1.165) is 11.3 Å². The monoisotopic (exact) mass is 303 g/mol. The summed E-state index contributed by atoms with van der Waals surface area (Å²) < 4.78 is 0. The minimum atomic E-state index is 0.577. The van der Waals surface area contributed by atoms with Crippen LogP contribution in [-0.4, -0.2) is 16.2 Å². The average molecular weight is 303 g/mol. The Kier molecular flexibility index (Phi) is 4.01. The van der Waals surface area contributed by atoms with Gasteiger partial charge in [-0.1, -0.05) is 23.8 Å². The van der Waals surface area contributed by atoms with Gasteiger partial charge in [0.15, 0.2) is 5.82 Å². The molecule has 0 aliphatic heterocycles. The molecule has 0 radical (unpaired) electrons. The fraction of sp³-hybridized carbons (Fsp3) is 0.0556. The Morgan fingerprint density at radius 1 is 1.13 bits per heavy atom. The van der Waals surface area contributed by atoms with Gasteiger partial charge in [0.25, 0.3) is 0 Å². The van der Waals surface area contributed by atoms with E-state index in [1.54, 1.807) is 18.3 Å². The number of nitrogens with zero attached hydrogens (tertiary/aromatic N) is 2. The van der Waals surface area contributed by atoms with Crippen LogP contribution in [0.15, 0.2) is 54.7 Å². The van der Waals surface area contributed by atoms with E-state index < -0.39 is 0 Å². The Morgan fingerprint density at radius 3 is 2.78 bits per heavy atom. The topological polar surface area (TPSA) is 87.7 Å². The normalized spacial score (nSPS) is 10.3. The van der Waals surface area contributed by atoms with Crippen LogP contribution < -0.4 is 11.1 Å². The van der Waals surface area contributed by atoms with Crippen LogP contribution in [0.3, 0.4) is 0 Å². The van der Waals surface area contributed by atoms with E-state index >= 15 is 0 Å². The summed E-state index contributed by atoms with van der Waals surface area (Å²) in [5.41, 5.74) is 10.0. The number of nitrogens with one attached hydrogen (secondary N) is 2. The summed E-state index contributed by atoms with van der Waals surface area (Å²) in [5, 5.41) is 10.6. The van der Waals surface area contributed by atoms with Crippen molar-refractivity contribution in [3.05, 3.63) is 65.9 Å². The first-order valence-electron chi connectivity index (χ1n) is 7.23. The van der Waals surface area contributed by atoms with E-state index in [-0.39, 0.29) is 0 Å². The lowest BCUT2D eigenvalue weighted by Crippen LogP contribution is -1.99. The molecule has 0 saturated carbocycles. The van der Waals surface area contributed by atoms with Crippen LogP contribution in [0, 0.1) is 12.3 Å². The largest absolute Gasteiger partial charge is 0.398 e. The highest BCUT2D eigenvalue weighted by molar-refractivity contribution is 5.87. The summed E-state index contributed by atoms with van der Waals surface area (Å²) in [6.45, 7) is 2.04. The van der Waals surface area contributed by atoms with Gasteiger partial charge >= 0.3 is 0 Å². The van der Waals surface area contributed by atoms with Crippen LogP contribution in [0.25, 0.3) is 11.4 Å². The molecule has 1 aromatic heterocycles. The Labute approximate surface area is 134 Å². The van der Waals surface area contributed by atoms with Crippen molar-refractivity contribution in [1.29, 1.82) is 5.41 Å². The van der Waals surface area contributed by atoms with Crippen LogP contribution in [-0.2, 0) is 0 Å². The fourth-order valence-electron chi connectivity index (χ4n) is 2.28. The van der Waals surface area contributed by atoms with Gasteiger partial charge in [0.05, 0.1) is 0 Å². The summed E-state index contributed by atoms with van der Waals surface area (Å²) in [4.78, 5) is 8.88. The zero-order chi connectivity index (χ0) is 16.2. The van der Waals surface area contributed by atoms with Crippen molar-refractivity contribution in [1.82, 2.24) is 9.97 Å². The lowest BCUT2D eigenvalue weighted by atomic mass is 10.1. The number of aromatic nitrogens is 2. The van der Waals surface area contributed by atoms with Gasteiger partial charge in [-0.2, -0.15) is 0 Å². The zero-order valence-corrected chi connectivity index (χ0v) is 12.7. The predicted octanol–water partition coefficient (Wildman–Crippen LogP) is 3.78. The first-order valence-corrected chi connectivity index (χ1v) is 7.23. The third-order valence-electron chi connectivity index (χ3n) is 3.45. The number of rotatable bonds is 4. The Bertz CT molecular complexity index is 858. The van der Waals surface area contributed by atoms with E-state index in [1.807, 2.05) is 37.3 Å². The molecule has 23 heavy (non-hydrogen) atoms. The molecule has 4 N–H and O–H groups in total. The van der Waals surface area contributed by atoms with Gasteiger partial charge in [-0.25, -0.2) is 9.97 Å². The van der Waals surface area contributed by atoms with Crippen molar-refractivity contribution in [2.75, 3.05) is 11.1 Å². The average Bonchev–Trinajstić information content (AvgIpc) is 2.57. The SMILES string of the molecule is Cc1cccc(-c2nccc(Nc3ccc(N)c(C=N)c3)n2)c1. The predicted molar refractivity (Wildman–Crippen MR) is 94.2 cm³/mol. The molecule has 0 amide bonds. The van der Waals surface area contributed by atoms with E-state index in [0.29, 0.717) is 22.9 Å². The third kappa shape index (κ3) is 3.35. The maximum absolute atomic E-state index is 7.37. The molecule has 3 rings (SSSR count). The highest BCUT2D eigenvalue weighted by atomic mass is 15.0. The number of aryl methyl sites for hydroxylation is 1. The molecule has 0 saturated heterocycles. The molecular formula is C18H17N5.